The molecular formula is C11H9N3OS2. The molecule has 0 aliphatic rings. The maximum Gasteiger partial charge on any atom is 0.174 e. The number of hydrogen-bond donors (Lipinski definition) is 0. The molecule has 2 aromatic rings. The Bertz CT molecular complexity index is 534. The van der Waals surface area contributed by atoms with Gasteiger partial charge in [-0.05, 0) is 17.7 Å². The van der Waals surface area contributed by atoms with Gasteiger partial charge in [0.2, 0.25) is 0 Å². The standard InChI is InChI=1S/C11H9N3OS2/c1-15-10-3-2-8(4-9(10)5-12)6-16-11-14-13-7-17-11/h2-4,7H,6H2,1H3. The van der Waals surface area contributed by atoms with E-state index in [1.807, 2.05) is 18.2 Å². The van der Waals surface area contributed by atoms with Crippen LogP contribution in [0.1, 0.15) is 11.1 Å². The second-order valence-electron chi connectivity index (χ2n) is 3.14. The summed E-state index contributed by atoms with van der Waals surface area (Å²) in [6.07, 6.45) is 0. The first-order chi connectivity index (χ1) is 8.33. The Hall–Kier alpha value is -1.58. The highest BCUT2D eigenvalue weighted by Crippen LogP contribution is 2.26. The van der Waals surface area contributed by atoms with Crippen LogP contribution in [0.25, 0.3) is 0 Å². The van der Waals surface area contributed by atoms with Gasteiger partial charge in [-0.3, -0.25) is 0 Å². The molecule has 0 unspecified atom stereocenters. The molecule has 0 spiro atoms. The maximum absolute atomic E-state index is 8.97. The molecule has 2 rings (SSSR count). The number of ether oxygens (including phenoxy) is 1. The first kappa shape index (κ1) is 11.9. The molecule has 1 aromatic heterocycles. The van der Waals surface area contributed by atoms with Gasteiger partial charge in [0, 0.05) is 5.75 Å². The van der Waals surface area contributed by atoms with Crippen molar-refractivity contribution in [1.82, 2.24) is 10.2 Å². The van der Waals surface area contributed by atoms with Crippen molar-refractivity contribution in [3.8, 4) is 11.8 Å². The molecule has 17 heavy (non-hydrogen) atoms. The number of aromatic nitrogens is 2. The molecule has 0 bridgehead atoms. The highest BCUT2D eigenvalue weighted by molar-refractivity contribution is 8.00. The van der Waals surface area contributed by atoms with Crippen LogP contribution in [0.5, 0.6) is 5.75 Å². The number of nitriles is 1. The van der Waals surface area contributed by atoms with E-state index in [0.29, 0.717) is 11.3 Å². The predicted molar refractivity (Wildman–Crippen MR) is 67.2 cm³/mol. The fraction of sp³-hybridized carbons (Fsp3) is 0.182. The van der Waals surface area contributed by atoms with Gasteiger partial charge in [-0.1, -0.05) is 29.2 Å². The summed E-state index contributed by atoms with van der Waals surface area (Å²) in [6.45, 7) is 0. The largest absolute Gasteiger partial charge is 0.495 e. The van der Waals surface area contributed by atoms with Gasteiger partial charge in [0.15, 0.2) is 4.34 Å². The molecule has 0 N–H and O–H groups in total. The third kappa shape index (κ3) is 2.96. The SMILES string of the molecule is COc1ccc(CSc2nncs2)cc1C#N. The van der Waals surface area contributed by atoms with E-state index in [9.17, 15) is 0 Å². The number of benzene rings is 1. The highest BCUT2D eigenvalue weighted by Gasteiger charge is 2.05. The van der Waals surface area contributed by atoms with E-state index in [4.69, 9.17) is 10.00 Å². The Morgan fingerprint density at radius 2 is 2.41 bits per heavy atom. The Morgan fingerprint density at radius 1 is 1.53 bits per heavy atom. The lowest BCUT2D eigenvalue weighted by Crippen LogP contribution is -1.90. The van der Waals surface area contributed by atoms with Crippen molar-refractivity contribution in [3.05, 3.63) is 34.8 Å². The quantitative estimate of drug-likeness (QED) is 0.794. The van der Waals surface area contributed by atoms with Crippen molar-refractivity contribution >= 4 is 23.1 Å². The molecule has 0 fully saturated rings. The van der Waals surface area contributed by atoms with Gasteiger partial charge in [-0.2, -0.15) is 5.26 Å². The molecule has 0 atom stereocenters. The zero-order chi connectivity index (χ0) is 12.1. The molecule has 1 heterocycles. The molecule has 1 aromatic carbocycles. The van der Waals surface area contributed by atoms with Crippen molar-refractivity contribution in [3.63, 3.8) is 0 Å². The van der Waals surface area contributed by atoms with Gasteiger partial charge in [-0.25, -0.2) is 0 Å². The Morgan fingerprint density at radius 3 is 3.06 bits per heavy atom. The van der Waals surface area contributed by atoms with Crippen LogP contribution >= 0.6 is 23.1 Å². The number of rotatable bonds is 4. The zero-order valence-corrected chi connectivity index (χ0v) is 10.7. The first-order valence-electron chi connectivity index (χ1n) is 4.79. The van der Waals surface area contributed by atoms with E-state index in [-0.39, 0.29) is 0 Å². The molecule has 0 amide bonds. The van der Waals surface area contributed by atoms with E-state index >= 15 is 0 Å². The van der Waals surface area contributed by atoms with Crippen LogP contribution in [-0.4, -0.2) is 17.3 Å². The number of thioether (sulfide) groups is 1. The van der Waals surface area contributed by atoms with Gasteiger partial charge >= 0.3 is 0 Å². The molecule has 86 valence electrons. The van der Waals surface area contributed by atoms with Gasteiger partial charge in [0.25, 0.3) is 0 Å². The third-order valence-corrected chi connectivity index (χ3v) is 4.02. The van der Waals surface area contributed by atoms with Crippen molar-refractivity contribution in [2.45, 2.75) is 10.1 Å². The molecule has 0 saturated carbocycles. The summed E-state index contributed by atoms with van der Waals surface area (Å²) < 4.78 is 6.02. The van der Waals surface area contributed by atoms with Crippen LogP contribution in [0, 0.1) is 11.3 Å². The zero-order valence-electron chi connectivity index (χ0n) is 9.08. The third-order valence-electron chi connectivity index (χ3n) is 2.09. The van der Waals surface area contributed by atoms with E-state index < -0.39 is 0 Å². The molecule has 6 heteroatoms. The average molecular weight is 263 g/mol. The van der Waals surface area contributed by atoms with Gasteiger partial charge in [0.1, 0.15) is 17.3 Å². The number of nitrogens with zero attached hydrogens (tertiary/aromatic N) is 3. The van der Waals surface area contributed by atoms with Crippen LogP contribution in [0.3, 0.4) is 0 Å². The van der Waals surface area contributed by atoms with Gasteiger partial charge in [-0.15, -0.1) is 10.2 Å². The van der Waals surface area contributed by atoms with E-state index in [1.54, 1.807) is 24.4 Å². The van der Waals surface area contributed by atoms with Crippen molar-refractivity contribution in [2.24, 2.45) is 0 Å². The fourth-order valence-corrected chi connectivity index (χ4v) is 2.73. The molecule has 0 radical (unpaired) electrons. The van der Waals surface area contributed by atoms with Crippen molar-refractivity contribution in [1.29, 1.82) is 5.26 Å². The summed E-state index contributed by atoms with van der Waals surface area (Å²) in [7, 11) is 1.56. The topological polar surface area (TPSA) is 58.8 Å². The highest BCUT2D eigenvalue weighted by atomic mass is 32.2. The van der Waals surface area contributed by atoms with Crippen molar-refractivity contribution in [2.75, 3.05) is 7.11 Å². The van der Waals surface area contributed by atoms with Gasteiger partial charge in [0.05, 0.1) is 12.7 Å². The van der Waals surface area contributed by atoms with E-state index in [1.165, 1.54) is 11.3 Å². The smallest absolute Gasteiger partial charge is 0.174 e. The second-order valence-corrected chi connectivity index (χ2v) is 5.20. The summed E-state index contributed by atoms with van der Waals surface area (Å²) in [4.78, 5) is 0. The first-order valence-corrected chi connectivity index (χ1v) is 6.66. The molecular weight excluding hydrogens is 254 g/mol. The van der Waals surface area contributed by atoms with Crippen LogP contribution < -0.4 is 4.74 Å². The number of methoxy groups -OCH3 is 1. The minimum Gasteiger partial charge on any atom is -0.495 e. The van der Waals surface area contributed by atoms with Crippen LogP contribution in [0.15, 0.2) is 28.0 Å². The molecule has 0 saturated heterocycles. The van der Waals surface area contributed by atoms with E-state index in [0.717, 1.165) is 15.7 Å². The summed E-state index contributed by atoms with van der Waals surface area (Å²) in [5, 5.41) is 16.7. The second kappa shape index (κ2) is 5.66. The maximum atomic E-state index is 8.97. The van der Waals surface area contributed by atoms with Gasteiger partial charge < -0.3 is 4.74 Å². The lowest BCUT2D eigenvalue weighted by atomic mass is 10.1. The molecule has 4 nitrogen and oxygen atoms in total. The Kier molecular flexibility index (Phi) is 3.96. The summed E-state index contributed by atoms with van der Waals surface area (Å²) in [5.74, 6) is 1.38. The molecule has 0 aliphatic carbocycles. The Balaban J connectivity index is 2.09. The monoisotopic (exact) mass is 263 g/mol. The molecule has 0 aliphatic heterocycles. The summed E-state index contributed by atoms with van der Waals surface area (Å²) in [5.41, 5.74) is 3.34. The van der Waals surface area contributed by atoms with Crippen LogP contribution in [0.2, 0.25) is 0 Å². The normalized spacial score (nSPS) is 9.88. The lowest BCUT2D eigenvalue weighted by molar-refractivity contribution is 0.413. The minimum atomic E-state index is 0.558. The Labute approximate surface area is 107 Å². The minimum absolute atomic E-state index is 0.558. The lowest BCUT2D eigenvalue weighted by Gasteiger charge is -2.04. The van der Waals surface area contributed by atoms with E-state index in [2.05, 4.69) is 16.3 Å². The van der Waals surface area contributed by atoms with Crippen LogP contribution in [-0.2, 0) is 5.75 Å². The van der Waals surface area contributed by atoms with Crippen LogP contribution in [0.4, 0.5) is 0 Å². The van der Waals surface area contributed by atoms with Crippen molar-refractivity contribution < 1.29 is 4.74 Å². The summed E-state index contributed by atoms with van der Waals surface area (Å²) in [6, 6.07) is 7.73. The predicted octanol–water partition coefficient (Wildman–Crippen LogP) is 2.71. The number of hydrogen-bond acceptors (Lipinski definition) is 6. The fourth-order valence-electron chi connectivity index (χ4n) is 1.30. The summed E-state index contributed by atoms with van der Waals surface area (Å²) >= 11 is 3.12. The average Bonchev–Trinajstić information content (AvgIpc) is 2.89.